The van der Waals surface area contributed by atoms with Gasteiger partial charge in [-0.05, 0) is 37.8 Å². The molecule has 1 aliphatic carbocycles. The first kappa shape index (κ1) is 20.7. The molecule has 0 unspecified atom stereocenters. The van der Waals surface area contributed by atoms with E-state index < -0.39 is 6.10 Å². The molecular formula is C23H27N5O4. The van der Waals surface area contributed by atoms with Crippen molar-refractivity contribution in [1.82, 2.24) is 25.6 Å². The summed E-state index contributed by atoms with van der Waals surface area (Å²) in [6.07, 6.45) is 3.23. The van der Waals surface area contributed by atoms with E-state index in [1.165, 1.54) is 19.2 Å². The number of methoxy groups -OCH3 is 1. The van der Waals surface area contributed by atoms with Gasteiger partial charge in [-0.1, -0.05) is 0 Å². The first-order chi connectivity index (χ1) is 15.5. The van der Waals surface area contributed by atoms with Crippen LogP contribution in [0.1, 0.15) is 28.9 Å². The lowest BCUT2D eigenvalue weighted by Gasteiger charge is -2.15. The lowest BCUT2D eigenvalue weighted by Crippen LogP contribution is -2.42. The van der Waals surface area contributed by atoms with E-state index in [1.807, 2.05) is 25.1 Å². The number of hydrogen-bond donors (Lipinski definition) is 4. The Hall–Kier alpha value is -3.17. The Morgan fingerprint density at radius 1 is 1.28 bits per heavy atom. The molecular weight excluding hydrogens is 410 g/mol. The van der Waals surface area contributed by atoms with Crippen molar-refractivity contribution in [1.29, 1.82) is 0 Å². The van der Waals surface area contributed by atoms with Crippen molar-refractivity contribution in [3.8, 4) is 22.8 Å². The Kier molecular flexibility index (Phi) is 5.44. The molecule has 9 nitrogen and oxygen atoms in total. The highest BCUT2D eigenvalue weighted by Gasteiger charge is 2.29. The minimum Gasteiger partial charge on any atom is -0.497 e. The maximum absolute atomic E-state index is 13.1. The van der Waals surface area contributed by atoms with Gasteiger partial charge >= 0.3 is 0 Å². The van der Waals surface area contributed by atoms with Crippen molar-refractivity contribution < 1.29 is 19.4 Å². The van der Waals surface area contributed by atoms with Crippen molar-refractivity contribution in [2.45, 2.75) is 31.9 Å². The maximum Gasteiger partial charge on any atom is 0.255 e. The fourth-order valence-corrected chi connectivity index (χ4v) is 4.09. The highest BCUT2D eigenvalue weighted by molar-refractivity contribution is 6.09. The number of ether oxygens (including phenoxy) is 2. The van der Waals surface area contributed by atoms with Gasteiger partial charge < -0.3 is 30.2 Å². The van der Waals surface area contributed by atoms with Crippen molar-refractivity contribution in [2.75, 3.05) is 26.8 Å². The van der Waals surface area contributed by atoms with Gasteiger partial charge in [0.1, 0.15) is 29.0 Å². The minimum atomic E-state index is -0.611. The van der Waals surface area contributed by atoms with Crippen molar-refractivity contribution in [2.24, 2.45) is 5.92 Å². The van der Waals surface area contributed by atoms with Crippen LogP contribution >= 0.6 is 0 Å². The molecule has 2 fully saturated rings. The van der Waals surface area contributed by atoms with Gasteiger partial charge in [0.2, 0.25) is 0 Å². The number of hydrogen-bond acceptors (Lipinski definition) is 7. The number of benzene rings is 1. The minimum absolute atomic E-state index is 0.272. The third-order valence-electron chi connectivity index (χ3n) is 6.11. The SMILES string of the molecule is COc1ccc(-c2ncnc3c(C(=O)N[C@@H]4CNC[C@H]4O)c(C)[nH]c23)c(OCC2CC2)c1. The summed E-state index contributed by atoms with van der Waals surface area (Å²) >= 11 is 0. The average Bonchev–Trinajstić information content (AvgIpc) is 3.44. The van der Waals surface area contributed by atoms with Gasteiger partial charge in [0.25, 0.3) is 5.91 Å². The Bertz CT molecular complexity index is 1160. The number of aliphatic hydroxyl groups excluding tert-OH is 1. The third kappa shape index (κ3) is 3.89. The number of nitrogens with zero attached hydrogens (tertiary/aromatic N) is 2. The number of aromatic amines is 1. The maximum atomic E-state index is 13.1. The fourth-order valence-electron chi connectivity index (χ4n) is 4.09. The Morgan fingerprint density at radius 2 is 2.12 bits per heavy atom. The molecule has 3 aromatic rings. The second-order valence-corrected chi connectivity index (χ2v) is 8.49. The zero-order valence-electron chi connectivity index (χ0n) is 18.1. The quantitative estimate of drug-likeness (QED) is 0.445. The van der Waals surface area contributed by atoms with Crippen molar-refractivity contribution in [3.05, 3.63) is 35.8 Å². The molecule has 3 heterocycles. The molecule has 2 aromatic heterocycles. The van der Waals surface area contributed by atoms with Gasteiger partial charge in [-0.15, -0.1) is 0 Å². The Balaban J connectivity index is 1.53. The van der Waals surface area contributed by atoms with Crippen LogP contribution in [0, 0.1) is 12.8 Å². The van der Waals surface area contributed by atoms with E-state index in [4.69, 9.17) is 9.47 Å². The summed E-state index contributed by atoms with van der Waals surface area (Å²) in [7, 11) is 1.62. The molecule has 1 aromatic carbocycles. The van der Waals surface area contributed by atoms with Crippen LogP contribution in [0.5, 0.6) is 11.5 Å². The van der Waals surface area contributed by atoms with Crippen LogP contribution in [-0.4, -0.2) is 64.9 Å². The second kappa shape index (κ2) is 8.40. The number of nitrogens with one attached hydrogen (secondary N) is 3. The molecule has 0 spiro atoms. The zero-order chi connectivity index (χ0) is 22.2. The first-order valence-electron chi connectivity index (χ1n) is 10.9. The summed E-state index contributed by atoms with van der Waals surface area (Å²) in [5.41, 5.74) is 3.82. The molecule has 2 atom stereocenters. The standard InChI is InChI=1S/C23H27N5O4/c1-12-19(23(30)28-16-8-24-9-17(16)29)21-22(27-12)20(25-11-26-21)15-6-5-14(31-2)7-18(15)32-10-13-3-4-13/h5-7,11,13,16-17,24,27,29H,3-4,8-10H2,1-2H3,(H,28,30)/t16-,17-/m1/s1. The summed E-state index contributed by atoms with van der Waals surface area (Å²) in [6, 6.07) is 5.31. The van der Waals surface area contributed by atoms with Gasteiger partial charge in [0.05, 0.1) is 36.9 Å². The van der Waals surface area contributed by atoms with E-state index in [0.717, 1.165) is 5.56 Å². The summed E-state index contributed by atoms with van der Waals surface area (Å²) in [5.74, 6) is 1.72. The molecule has 1 saturated carbocycles. The number of aromatic nitrogens is 3. The molecule has 4 N–H and O–H groups in total. The van der Waals surface area contributed by atoms with E-state index >= 15 is 0 Å². The molecule has 2 aliphatic rings. The highest BCUT2D eigenvalue weighted by Crippen LogP contribution is 2.38. The number of aliphatic hydroxyl groups is 1. The molecule has 1 amide bonds. The van der Waals surface area contributed by atoms with Gasteiger partial charge in [-0.2, -0.15) is 0 Å². The van der Waals surface area contributed by atoms with Gasteiger partial charge in [0.15, 0.2) is 0 Å². The largest absolute Gasteiger partial charge is 0.497 e. The normalized spacial score (nSPS) is 20.5. The van der Waals surface area contributed by atoms with Crippen molar-refractivity contribution >= 4 is 16.9 Å². The summed E-state index contributed by atoms with van der Waals surface area (Å²) in [6.45, 7) is 3.49. The van der Waals surface area contributed by atoms with E-state index in [9.17, 15) is 9.90 Å². The number of fused-ring (bicyclic) bond motifs is 1. The number of H-pyrrole nitrogens is 1. The fraction of sp³-hybridized carbons (Fsp3) is 0.435. The van der Waals surface area contributed by atoms with E-state index in [2.05, 4.69) is 25.6 Å². The number of amides is 1. The van der Waals surface area contributed by atoms with Crippen LogP contribution in [0.25, 0.3) is 22.3 Å². The second-order valence-electron chi connectivity index (χ2n) is 8.49. The zero-order valence-corrected chi connectivity index (χ0v) is 18.1. The van der Waals surface area contributed by atoms with E-state index in [0.29, 0.717) is 65.1 Å². The summed E-state index contributed by atoms with van der Waals surface area (Å²) in [5, 5.41) is 16.0. The molecule has 1 aliphatic heterocycles. The smallest absolute Gasteiger partial charge is 0.255 e. The van der Waals surface area contributed by atoms with Crippen LogP contribution < -0.4 is 20.1 Å². The Morgan fingerprint density at radius 3 is 2.84 bits per heavy atom. The molecule has 0 radical (unpaired) electrons. The molecule has 1 saturated heterocycles. The monoisotopic (exact) mass is 437 g/mol. The first-order valence-corrected chi connectivity index (χ1v) is 10.9. The predicted molar refractivity (Wildman–Crippen MR) is 119 cm³/mol. The number of carbonyl (C=O) groups is 1. The number of rotatable bonds is 7. The number of carbonyl (C=O) groups excluding carboxylic acids is 1. The molecule has 168 valence electrons. The lowest BCUT2D eigenvalue weighted by atomic mass is 10.1. The molecule has 5 rings (SSSR count). The topological polar surface area (TPSA) is 121 Å². The molecule has 0 bridgehead atoms. The van der Waals surface area contributed by atoms with Gasteiger partial charge in [-0.25, -0.2) is 9.97 Å². The molecule has 9 heteroatoms. The summed E-state index contributed by atoms with van der Waals surface area (Å²) < 4.78 is 11.5. The van der Waals surface area contributed by atoms with E-state index in [1.54, 1.807) is 7.11 Å². The Labute approximate surface area is 185 Å². The highest BCUT2D eigenvalue weighted by atomic mass is 16.5. The van der Waals surface area contributed by atoms with Crippen LogP contribution in [0.4, 0.5) is 0 Å². The van der Waals surface area contributed by atoms with Crippen LogP contribution in [-0.2, 0) is 0 Å². The number of aryl methyl sites for hydroxylation is 1. The third-order valence-corrected chi connectivity index (χ3v) is 6.11. The van der Waals surface area contributed by atoms with Crippen molar-refractivity contribution in [3.63, 3.8) is 0 Å². The number of β-amino-alcohol motifs (C(OH)–C–C–N with tert-alkyl or cyclic N) is 1. The van der Waals surface area contributed by atoms with E-state index in [-0.39, 0.29) is 11.9 Å². The lowest BCUT2D eigenvalue weighted by molar-refractivity contribution is 0.0889. The van der Waals surface area contributed by atoms with Gasteiger partial charge in [0, 0.05) is 30.4 Å². The van der Waals surface area contributed by atoms with Crippen LogP contribution in [0.2, 0.25) is 0 Å². The average molecular weight is 438 g/mol. The summed E-state index contributed by atoms with van der Waals surface area (Å²) in [4.78, 5) is 25.3. The molecule has 32 heavy (non-hydrogen) atoms. The van der Waals surface area contributed by atoms with Gasteiger partial charge in [-0.3, -0.25) is 4.79 Å². The predicted octanol–water partition coefficient (Wildman–Crippen LogP) is 1.79. The van der Waals surface area contributed by atoms with Crippen LogP contribution in [0.15, 0.2) is 24.5 Å². The van der Waals surface area contributed by atoms with Crippen LogP contribution in [0.3, 0.4) is 0 Å².